The van der Waals surface area contributed by atoms with Gasteiger partial charge in [0.2, 0.25) is 5.88 Å². The fourth-order valence-corrected chi connectivity index (χ4v) is 3.23. The van der Waals surface area contributed by atoms with Crippen molar-refractivity contribution < 1.29 is 18.3 Å². The number of rotatable bonds is 5. The number of hydrogen-bond donors (Lipinski definition) is 2. The standard InChI is InChI=1S/C16H19ClN2O4S/c1-3-14-11(2)10-19(15(14)20)16(21)18-9-8-12-4-6-13(7-5-12)24(17,22)23/h4-7,10,20H,3,8-9H2,1-2H3,(H,18,21). The van der Waals surface area contributed by atoms with Crippen molar-refractivity contribution in [1.29, 1.82) is 0 Å². The van der Waals surface area contributed by atoms with E-state index in [2.05, 4.69) is 5.32 Å². The minimum Gasteiger partial charge on any atom is -0.494 e. The molecular weight excluding hydrogens is 352 g/mol. The summed E-state index contributed by atoms with van der Waals surface area (Å²) in [7, 11) is 1.53. The normalized spacial score (nSPS) is 11.5. The predicted octanol–water partition coefficient (Wildman–Crippen LogP) is 2.79. The molecule has 2 aromatic rings. The van der Waals surface area contributed by atoms with Crippen LogP contribution >= 0.6 is 10.7 Å². The quantitative estimate of drug-likeness (QED) is 0.792. The highest BCUT2D eigenvalue weighted by Crippen LogP contribution is 2.23. The Bertz CT molecular complexity index is 842. The van der Waals surface area contributed by atoms with Crippen LogP contribution in [0.1, 0.15) is 23.6 Å². The second kappa shape index (κ2) is 7.27. The molecule has 0 aliphatic heterocycles. The Kier molecular flexibility index (Phi) is 5.56. The Labute approximate surface area is 145 Å². The van der Waals surface area contributed by atoms with Gasteiger partial charge in [-0.2, -0.15) is 0 Å². The highest BCUT2D eigenvalue weighted by molar-refractivity contribution is 8.13. The van der Waals surface area contributed by atoms with Gasteiger partial charge in [-0.1, -0.05) is 19.1 Å². The molecule has 8 heteroatoms. The Morgan fingerprint density at radius 3 is 2.42 bits per heavy atom. The number of carbonyl (C=O) groups excluding carboxylic acids is 1. The van der Waals surface area contributed by atoms with E-state index in [0.717, 1.165) is 16.7 Å². The summed E-state index contributed by atoms with van der Waals surface area (Å²) in [4.78, 5) is 12.2. The van der Waals surface area contributed by atoms with Crippen LogP contribution in [0.3, 0.4) is 0 Å². The van der Waals surface area contributed by atoms with Crippen molar-refractivity contribution >= 4 is 25.8 Å². The molecule has 0 spiro atoms. The van der Waals surface area contributed by atoms with Gasteiger partial charge in [0.05, 0.1) is 4.90 Å². The fourth-order valence-electron chi connectivity index (χ4n) is 2.46. The van der Waals surface area contributed by atoms with Crippen molar-refractivity contribution in [3.05, 3.63) is 47.2 Å². The number of nitrogens with zero attached hydrogens (tertiary/aromatic N) is 1. The molecule has 2 N–H and O–H groups in total. The molecule has 0 aliphatic rings. The average Bonchev–Trinajstić information content (AvgIpc) is 2.81. The van der Waals surface area contributed by atoms with Gasteiger partial charge in [-0.25, -0.2) is 17.8 Å². The lowest BCUT2D eigenvalue weighted by Gasteiger charge is -2.07. The van der Waals surface area contributed by atoms with Crippen molar-refractivity contribution in [3.63, 3.8) is 0 Å². The van der Waals surface area contributed by atoms with E-state index in [-0.39, 0.29) is 10.8 Å². The fraction of sp³-hybridized carbons (Fsp3) is 0.312. The number of aromatic hydroxyl groups is 1. The molecule has 1 aromatic heterocycles. The van der Waals surface area contributed by atoms with Crippen LogP contribution in [0.5, 0.6) is 5.88 Å². The first-order chi connectivity index (χ1) is 11.2. The van der Waals surface area contributed by atoms with Crippen LogP contribution < -0.4 is 5.32 Å². The molecule has 0 radical (unpaired) electrons. The largest absolute Gasteiger partial charge is 0.494 e. The van der Waals surface area contributed by atoms with E-state index >= 15 is 0 Å². The number of carbonyl (C=O) groups is 1. The van der Waals surface area contributed by atoms with E-state index < -0.39 is 15.1 Å². The SMILES string of the molecule is CCc1c(C)cn(C(=O)NCCc2ccc(S(=O)(=O)Cl)cc2)c1O. The topological polar surface area (TPSA) is 88.4 Å². The van der Waals surface area contributed by atoms with Gasteiger partial charge < -0.3 is 10.4 Å². The zero-order chi connectivity index (χ0) is 17.9. The van der Waals surface area contributed by atoms with Crippen molar-refractivity contribution in [1.82, 2.24) is 9.88 Å². The third-order valence-electron chi connectivity index (χ3n) is 3.76. The Hall–Kier alpha value is -1.99. The highest BCUT2D eigenvalue weighted by atomic mass is 35.7. The number of aryl methyl sites for hydroxylation is 1. The first kappa shape index (κ1) is 18.4. The van der Waals surface area contributed by atoms with Crippen LogP contribution in [0.25, 0.3) is 0 Å². The van der Waals surface area contributed by atoms with Crippen LogP contribution in [0.2, 0.25) is 0 Å². The molecule has 1 heterocycles. The molecular formula is C16H19ClN2O4S. The summed E-state index contributed by atoms with van der Waals surface area (Å²) in [5.74, 6) is -0.0378. The molecule has 24 heavy (non-hydrogen) atoms. The van der Waals surface area contributed by atoms with E-state index in [0.29, 0.717) is 19.4 Å². The zero-order valence-electron chi connectivity index (χ0n) is 13.4. The van der Waals surface area contributed by atoms with E-state index in [4.69, 9.17) is 10.7 Å². The van der Waals surface area contributed by atoms with Gasteiger partial charge in [0.25, 0.3) is 9.05 Å². The summed E-state index contributed by atoms with van der Waals surface area (Å²) in [5.41, 5.74) is 2.48. The second-order valence-corrected chi connectivity index (χ2v) is 7.97. The van der Waals surface area contributed by atoms with Gasteiger partial charge in [-0.15, -0.1) is 0 Å². The van der Waals surface area contributed by atoms with E-state index in [1.165, 1.54) is 16.7 Å². The van der Waals surface area contributed by atoms with Gasteiger partial charge in [-0.3, -0.25) is 0 Å². The molecule has 0 fully saturated rings. The van der Waals surface area contributed by atoms with Crippen molar-refractivity contribution in [2.24, 2.45) is 0 Å². The summed E-state index contributed by atoms with van der Waals surface area (Å²) in [6.45, 7) is 4.10. The van der Waals surface area contributed by atoms with Crippen LogP contribution in [0.4, 0.5) is 4.79 Å². The number of benzene rings is 1. The smallest absolute Gasteiger partial charge is 0.328 e. The minimum atomic E-state index is -3.73. The predicted molar refractivity (Wildman–Crippen MR) is 92.2 cm³/mol. The molecule has 0 aliphatic carbocycles. The Balaban J connectivity index is 1.96. The average molecular weight is 371 g/mol. The van der Waals surface area contributed by atoms with Crippen LogP contribution in [0, 0.1) is 6.92 Å². The zero-order valence-corrected chi connectivity index (χ0v) is 15.0. The highest BCUT2D eigenvalue weighted by Gasteiger charge is 2.15. The summed E-state index contributed by atoms with van der Waals surface area (Å²) in [5, 5.41) is 12.8. The third-order valence-corrected chi connectivity index (χ3v) is 5.13. The summed E-state index contributed by atoms with van der Waals surface area (Å²) in [6.07, 6.45) is 2.77. The van der Waals surface area contributed by atoms with Crippen molar-refractivity contribution in [2.75, 3.05) is 6.54 Å². The van der Waals surface area contributed by atoms with Gasteiger partial charge in [0, 0.05) is 29.0 Å². The molecule has 0 saturated heterocycles. The number of halogens is 1. The van der Waals surface area contributed by atoms with Gasteiger partial charge in [0.15, 0.2) is 0 Å². The maximum atomic E-state index is 12.1. The van der Waals surface area contributed by atoms with E-state index in [1.807, 2.05) is 13.8 Å². The maximum absolute atomic E-state index is 12.1. The number of aromatic nitrogens is 1. The molecule has 0 atom stereocenters. The lowest BCUT2D eigenvalue weighted by molar-refractivity contribution is 0.239. The Morgan fingerprint density at radius 2 is 1.92 bits per heavy atom. The van der Waals surface area contributed by atoms with Gasteiger partial charge in [-0.05, 0) is 43.0 Å². The lowest BCUT2D eigenvalue weighted by atomic mass is 10.1. The van der Waals surface area contributed by atoms with Gasteiger partial charge in [0.1, 0.15) is 0 Å². The van der Waals surface area contributed by atoms with Crippen molar-refractivity contribution in [2.45, 2.75) is 31.6 Å². The number of amides is 1. The molecule has 0 bridgehead atoms. The molecule has 0 saturated carbocycles. The molecule has 0 unspecified atom stereocenters. The first-order valence-corrected chi connectivity index (χ1v) is 9.76. The summed E-state index contributed by atoms with van der Waals surface area (Å²) < 4.78 is 23.5. The van der Waals surface area contributed by atoms with Gasteiger partial charge >= 0.3 is 6.03 Å². The summed E-state index contributed by atoms with van der Waals surface area (Å²) in [6, 6.07) is 5.74. The molecule has 6 nitrogen and oxygen atoms in total. The summed E-state index contributed by atoms with van der Waals surface area (Å²) >= 11 is 0. The second-order valence-electron chi connectivity index (χ2n) is 5.40. The van der Waals surface area contributed by atoms with E-state index in [9.17, 15) is 18.3 Å². The van der Waals surface area contributed by atoms with Crippen LogP contribution in [-0.4, -0.2) is 30.7 Å². The molecule has 1 amide bonds. The first-order valence-electron chi connectivity index (χ1n) is 7.45. The van der Waals surface area contributed by atoms with E-state index in [1.54, 1.807) is 18.3 Å². The number of hydrogen-bond acceptors (Lipinski definition) is 4. The van der Waals surface area contributed by atoms with Crippen molar-refractivity contribution in [3.8, 4) is 5.88 Å². The monoisotopic (exact) mass is 370 g/mol. The number of nitrogens with one attached hydrogen (secondary N) is 1. The molecule has 2 rings (SSSR count). The lowest BCUT2D eigenvalue weighted by Crippen LogP contribution is -2.29. The minimum absolute atomic E-state index is 0.0378. The van der Waals surface area contributed by atoms with Crippen LogP contribution in [-0.2, 0) is 21.9 Å². The maximum Gasteiger partial charge on any atom is 0.328 e. The Morgan fingerprint density at radius 1 is 1.29 bits per heavy atom. The van der Waals surface area contributed by atoms with Crippen LogP contribution in [0.15, 0.2) is 35.4 Å². The third kappa shape index (κ3) is 4.10. The molecule has 130 valence electrons. The molecule has 1 aromatic carbocycles.